The molecule has 0 aliphatic heterocycles. The third kappa shape index (κ3) is 3.00. The Labute approximate surface area is 142 Å². The highest BCUT2D eigenvalue weighted by molar-refractivity contribution is 6.04. The van der Waals surface area contributed by atoms with Crippen molar-refractivity contribution in [2.75, 3.05) is 18.6 Å². The number of H-pyrrole nitrogens is 1. The molecule has 1 heterocycles. The van der Waals surface area contributed by atoms with Crippen LogP contribution in [0, 0.1) is 0 Å². The van der Waals surface area contributed by atoms with Gasteiger partial charge in [0.1, 0.15) is 5.75 Å². The van der Waals surface area contributed by atoms with Crippen molar-refractivity contribution >= 4 is 22.5 Å². The molecule has 4 nitrogen and oxygen atoms in total. The summed E-state index contributed by atoms with van der Waals surface area (Å²) in [6.07, 6.45) is 0.734. The number of para-hydroxylation sites is 1. The molecule has 0 unspecified atom stereocenters. The predicted octanol–water partition coefficient (Wildman–Crippen LogP) is 4.14. The lowest BCUT2D eigenvalue weighted by Crippen LogP contribution is -2.28. The van der Waals surface area contributed by atoms with Gasteiger partial charge < -0.3 is 14.6 Å². The van der Waals surface area contributed by atoms with Crippen LogP contribution in [0.2, 0.25) is 0 Å². The van der Waals surface area contributed by atoms with E-state index in [1.54, 1.807) is 14.0 Å². The number of aromatic nitrogens is 1. The number of anilines is 1. The van der Waals surface area contributed by atoms with Gasteiger partial charge in [-0.1, -0.05) is 30.3 Å². The molecule has 1 N–H and O–H groups in total. The highest BCUT2D eigenvalue weighted by Crippen LogP contribution is 2.33. The molecule has 3 aromatic rings. The van der Waals surface area contributed by atoms with Crippen molar-refractivity contribution in [2.45, 2.75) is 20.3 Å². The average Bonchev–Trinajstić information content (AvgIpc) is 2.94. The van der Waals surface area contributed by atoms with E-state index >= 15 is 0 Å². The van der Waals surface area contributed by atoms with Gasteiger partial charge in [0, 0.05) is 36.5 Å². The number of methoxy groups -OCH3 is 1. The summed E-state index contributed by atoms with van der Waals surface area (Å²) < 4.78 is 5.22. The van der Waals surface area contributed by atoms with Gasteiger partial charge in [-0.15, -0.1) is 0 Å². The predicted molar refractivity (Wildman–Crippen MR) is 97.8 cm³/mol. The van der Waals surface area contributed by atoms with Crippen molar-refractivity contribution < 1.29 is 9.53 Å². The zero-order chi connectivity index (χ0) is 17.1. The van der Waals surface area contributed by atoms with E-state index < -0.39 is 0 Å². The van der Waals surface area contributed by atoms with Crippen LogP contribution in [0.5, 0.6) is 5.75 Å². The number of carbonyl (C=O) groups excluding carboxylic acids is 1. The first-order chi connectivity index (χ1) is 11.6. The van der Waals surface area contributed by atoms with E-state index in [-0.39, 0.29) is 5.91 Å². The fourth-order valence-electron chi connectivity index (χ4n) is 3.10. The monoisotopic (exact) mass is 322 g/mol. The third-order valence-corrected chi connectivity index (χ3v) is 4.26. The van der Waals surface area contributed by atoms with E-state index in [2.05, 4.69) is 23.2 Å². The van der Waals surface area contributed by atoms with Crippen molar-refractivity contribution in [1.82, 2.24) is 4.98 Å². The molecule has 2 aromatic carbocycles. The molecule has 0 fully saturated rings. The van der Waals surface area contributed by atoms with Crippen molar-refractivity contribution in [3.63, 3.8) is 0 Å². The second-order valence-electron chi connectivity index (χ2n) is 5.79. The number of carbonyl (C=O) groups is 1. The number of nitrogens with zero attached hydrogens (tertiary/aromatic N) is 1. The van der Waals surface area contributed by atoms with Crippen LogP contribution in [-0.4, -0.2) is 24.5 Å². The maximum atomic E-state index is 12.1. The summed E-state index contributed by atoms with van der Waals surface area (Å²) in [6.45, 7) is 4.26. The van der Waals surface area contributed by atoms with Gasteiger partial charge in [0.25, 0.3) is 0 Å². The smallest absolute Gasteiger partial charge is 0.223 e. The molecule has 24 heavy (non-hydrogen) atoms. The Morgan fingerprint density at radius 3 is 2.46 bits per heavy atom. The zero-order valence-corrected chi connectivity index (χ0v) is 14.3. The summed E-state index contributed by atoms with van der Waals surface area (Å²) in [5.41, 5.74) is 4.26. The van der Waals surface area contributed by atoms with Gasteiger partial charge in [-0.2, -0.15) is 0 Å². The fourth-order valence-corrected chi connectivity index (χ4v) is 3.10. The normalized spacial score (nSPS) is 10.8. The number of rotatable bonds is 5. The van der Waals surface area contributed by atoms with E-state index in [0.29, 0.717) is 6.54 Å². The van der Waals surface area contributed by atoms with E-state index in [1.807, 2.05) is 42.2 Å². The van der Waals surface area contributed by atoms with Crippen LogP contribution < -0.4 is 9.64 Å². The number of nitrogens with one attached hydrogen (secondary N) is 1. The Morgan fingerprint density at radius 1 is 1.12 bits per heavy atom. The highest BCUT2D eigenvalue weighted by Gasteiger charge is 2.19. The van der Waals surface area contributed by atoms with Crippen molar-refractivity contribution in [3.05, 3.63) is 59.8 Å². The molecule has 1 aromatic heterocycles. The number of ether oxygens (including phenoxy) is 1. The zero-order valence-electron chi connectivity index (χ0n) is 14.3. The van der Waals surface area contributed by atoms with E-state index in [1.165, 1.54) is 5.56 Å². The van der Waals surface area contributed by atoms with Gasteiger partial charge in [-0.25, -0.2) is 0 Å². The molecule has 124 valence electrons. The molecule has 0 radical (unpaired) electrons. The van der Waals surface area contributed by atoms with Crippen LogP contribution in [-0.2, 0) is 11.2 Å². The Kier molecular flexibility index (Phi) is 4.56. The summed E-state index contributed by atoms with van der Waals surface area (Å²) in [6, 6.07) is 16.1. The van der Waals surface area contributed by atoms with Crippen molar-refractivity contribution in [2.24, 2.45) is 0 Å². The number of hydrogen-bond acceptors (Lipinski definition) is 2. The first-order valence-corrected chi connectivity index (χ1v) is 8.14. The second-order valence-corrected chi connectivity index (χ2v) is 5.79. The van der Waals surface area contributed by atoms with Crippen LogP contribution in [0.3, 0.4) is 0 Å². The molecule has 0 saturated carbocycles. The summed E-state index contributed by atoms with van der Waals surface area (Å²) in [7, 11) is 1.66. The van der Waals surface area contributed by atoms with Gasteiger partial charge in [-0.05, 0) is 30.7 Å². The maximum absolute atomic E-state index is 12.1. The first kappa shape index (κ1) is 16.1. The van der Waals surface area contributed by atoms with Gasteiger partial charge in [0.2, 0.25) is 5.91 Å². The third-order valence-electron chi connectivity index (χ3n) is 4.26. The van der Waals surface area contributed by atoms with E-state index in [9.17, 15) is 4.79 Å². The molecular formula is C20H22N2O2. The van der Waals surface area contributed by atoms with Gasteiger partial charge in [-0.3, -0.25) is 4.79 Å². The van der Waals surface area contributed by atoms with Gasteiger partial charge >= 0.3 is 0 Å². The molecule has 0 aliphatic carbocycles. The largest absolute Gasteiger partial charge is 0.497 e. The Balaban J connectivity index is 2.07. The molecule has 3 rings (SSSR count). The van der Waals surface area contributed by atoms with Gasteiger partial charge in [0.05, 0.1) is 12.8 Å². The van der Waals surface area contributed by atoms with Crippen LogP contribution in [0.15, 0.2) is 48.5 Å². The SMILES string of the molecule is CCN(C(C)=O)c1c(Cc2ccc(OC)cc2)[nH]c2ccccc12. The molecule has 0 spiro atoms. The topological polar surface area (TPSA) is 45.3 Å². The lowest BCUT2D eigenvalue weighted by molar-refractivity contribution is -0.116. The Bertz CT molecular complexity index is 850. The van der Waals surface area contributed by atoms with E-state index in [0.717, 1.165) is 34.5 Å². The Hall–Kier alpha value is -2.75. The van der Waals surface area contributed by atoms with Gasteiger partial charge in [0.15, 0.2) is 0 Å². The van der Waals surface area contributed by atoms with Crippen LogP contribution in [0.4, 0.5) is 5.69 Å². The molecule has 1 amide bonds. The Morgan fingerprint density at radius 2 is 1.83 bits per heavy atom. The summed E-state index contributed by atoms with van der Waals surface area (Å²) in [5, 5.41) is 1.08. The summed E-state index contributed by atoms with van der Waals surface area (Å²) in [4.78, 5) is 17.4. The standard InChI is InChI=1S/C20H22N2O2/c1-4-22(14(2)23)20-17-7-5-6-8-18(17)21-19(20)13-15-9-11-16(24-3)12-10-15/h5-12,21H,4,13H2,1-3H3. The fraction of sp³-hybridized carbons (Fsp3) is 0.250. The molecular weight excluding hydrogens is 300 g/mol. The number of benzene rings is 2. The lowest BCUT2D eigenvalue weighted by Gasteiger charge is -2.20. The minimum absolute atomic E-state index is 0.0539. The second kappa shape index (κ2) is 6.79. The minimum Gasteiger partial charge on any atom is -0.497 e. The first-order valence-electron chi connectivity index (χ1n) is 8.14. The number of aromatic amines is 1. The number of amides is 1. The van der Waals surface area contributed by atoms with E-state index in [4.69, 9.17) is 4.74 Å². The molecule has 0 atom stereocenters. The minimum atomic E-state index is 0.0539. The molecule has 0 bridgehead atoms. The van der Waals surface area contributed by atoms with Crippen molar-refractivity contribution in [1.29, 1.82) is 0 Å². The van der Waals surface area contributed by atoms with Crippen LogP contribution in [0.25, 0.3) is 10.9 Å². The lowest BCUT2D eigenvalue weighted by atomic mass is 10.1. The number of fused-ring (bicyclic) bond motifs is 1. The highest BCUT2D eigenvalue weighted by atomic mass is 16.5. The van der Waals surface area contributed by atoms with Crippen molar-refractivity contribution in [3.8, 4) is 5.75 Å². The molecule has 0 saturated heterocycles. The molecule has 4 heteroatoms. The summed E-state index contributed by atoms with van der Waals surface area (Å²) in [5.74, 6) is 0.896. The molecule has 0 aliphatic rings. The maximum Gasteiger partial charge on any atom is 0.223 e. The quantitative estimate of drug-likeness (QED) is 0.767. The number of hydrogen-bond donors (Lipinski definition) is 1. The average molecular weight is 322 g/mol. The van der Waals surface area contributed by atoms with Crippen LogP contribution >= 0.6 is 0 Å². The summed E-state index contributed by atoms with van der Waals surface area (Å²) >= 11 is 0. The van der Waals surface area contributed by atoms with Crippen LogP contribution in [0.1, 0.15) is 25.1 Å².